The molecule has 1 N–H and O–H groups in total. The van der Waals surface area contributed by atoms with Gasteiger partial charge in [0, 0.05) is 63.0 Å². The Labute approximate surface area is 322 Å². The molecule has 2 aliphatic rings. The monoisotopic (exact) mass is 747 g/mol. The van der Waals surface area contributed by atoms with Crippen LogP contribution >= 0.6 is 22.7 Å². The molecule has 6 aromatic rings. The van der Waals surface area contributed by atoms with Gasteiger partial charge >= 0.3 is 0 Å². The summed E-state index contributed by atoms with van der Waals surface area (Å²) in [5.74, 6) is 1.60. The lowest BCUT2D eigenvalue weighted by Gasteiger charge is -2.35. The van der Waals surface area contributed by atoms with Gasteiger partial charge in [0.15, 0.2) is 0 Å². The van der Waals surface area contributed by atoms with E-state index in [-0.39, 0.29) is 6.61 Å². The average molecular weight is 748 g/mol. The molecule has 0 atom stereocenters. The number of pyridine rings is 2. The zero-order valence-corrected chi connectivity index (χ0v) is 33.1. The van der Waals surface area contributed by atoms with Crippen LogP contribution in [-0.2, 0) is 19.4 Å². The Morgan fingerprint density at radius 3 is 1.85 bits per heavy atom. The van der Waals surface area contributed by atoms with Crippen molar-refractivity contribution in [1.29, 1.82) is 0 Å². The summed E-state index contributed by atoms with van der Waals surface area (Å²) in [6, 6.07) is 20.9. The van der Waals surface area contributed by atoms with Crippen LogP contribution in [0.5, 0.6) is 0 Å². The highest BCUT2D eigenvalue weighted by Gasteiger charge is 2.23. The van der Waals surface area contributed by atoms with Gasteiger partial charge in [0.2, 0.25) is 0 Å². The summed E-state index contributed by atoms with van der Waals surface area (Å²) in [6.45, 7) is 15.5. The number of thiazole rings is 2. The molecule has 0 amide bonds. The first-order valence-electron chi connectivity index (χ1n) is 19.3. The third-order valence-electron chi connectivity index (χ3n) is 10.7. The van der Waals surface area contributed by atoms with Gasteiger partial charge in [0.05, 0.1) is 37.1 Å². The maximum absolute atomic E-state index is 9.54. The normalized spacial score (nSPS) is 16.0. The number of nitrogens with zero attached hydrogens (tertiary/aromatic N) is 7. The lowest BCUT2D eigenvalue weighted by Crippen LogP contribution is -2.47. The predicted molar refractivity (Wildman–Crippen MR) is 222 cm³/mol. The average Bonchev–Trinajstić information content (AvgIpc) is 3.81. The van der Waals surface area contributed by atoms with Crippen LogP contribution in [0.15, 0.2) is 73.1 Å². The molecule has 53 heavy (non-hydrogen) atoms. The van der Waals surface area contributed by atoms with Crippen molar-refractivity contribution >= 4 is 48.9 Å². The summed E-state index contributed by atoms with van der Waals surface area (Å²) in [5, 5.41) is 12.1. The third-order valence-corrected chi connectivity index (χ3v) is 13.2. The van der Waals surface area contributed by atoms with Crippen LogP contribution in [-0.4, -0.2) is 87.2 Å². The third kappa shape index (κ3) is 9.66. The summed E-state index contributed by atoms with van der Waals surface area (Å²) in [5.41, 5.74) is 8.34. The van der Waals surface area contributed by atoms with E-state index in [0.29, 0.717) is 5.92 Å². The highest BCUT2D eigenvalue weighted by Crippen LogP contribution is 2.30. The largest absolute Gasteiger partial charge is 0.392 e. The van der Waals surface area contributed by atoms with Gasteiger partial charge in [-0.2, -0.15) is 0 Å². The topological polar surface area (TPSA) is 81.5 Å². The number of benzene rings is 2. The second-order valence-electron chi connectivity index (χ2n) is 14.6. The smallest absolute Gasteiger partial charge is 0.128 e. The van der Waals surface area contributed by atoms with Gasteiger partial charge in [-0.05, 0) is 125 Å². The molecule has 0 radical (unpaired) electrons. The summed E-state index contributed by atoms with van der Waals surface area (Å²) in [7, 11) is 0. The number of rotatable bonds is 11. The number of aromatic nitrogens is 4. The van der Waals surface area contributed by atoms with Gasteiger partial charge in [-0.3, -0.25) is 9.88 Å². The molecule has 2 aromatic carbocycles. The van der Waals surface area contributed by atoms with Crippen molar-refractivity contribution in [3.8, 4) is 0 Å². The molecule has 4 aromatic heterocycles. The van der Waals surface area contributed by atoms with E-state index in [9.17, 15) is 5.11 Å². The molecular formula is C43H53N7OS2. The fourth-order valence-corrected chi connectivity index (χ4v) is 9.81. The summed E-state index contributed by atoms with van der Waals surface area (Å²) >= 11 is 3.71. The molecule has 2 saturated heterocycles. The molecule has 0 bridgehead atoms. The minimum atomic E-state index is 0.0883. The zero-order chi connectivity index (χ0) is 36.6. The van der Waals surface area contributed by atoms with Crippen LogP contribution in [0.1, 0.15) is 69.6 Å². The molecule has 0 saturated carbocycles. The highest BCUT2D eigenvalue weighted by atomic mass is 32.1. The van der Waals surface area contributed by atoms with E-state index in [4.69, 9.17) is 9.97 Å². The second kappa shape index (κ2) is 18.0. The summed E-state index contributed by atoms with van der Waals surface area (Å²) in [4.78, 5) is 26.2. The first-order valence-corrected chi connectivity index (χ1v) is 20.9. The number of hydrogen-bond acceptors (Lipinski definition) is 10. The molecule has 8 rings (SSSR count). The fourth-order valence-electron chi connectivity index (χ4n) is 7.66. The molecule has 10 heteroatoms. The Hall–Kier alpha value is -3.80. The number of piperazine rings is 1. The molecule has 2 aliphatic heterocycles. The number of anilines is 1. The van der Waals surface area contributed by atoms with Crippen molar-refractivity contribution < 1.29 is 5.11 Å². The van der Waals surface area contributed by atoms with E-state index in [1.807, 2.05) is 47.2 Å². The summed E-state index contributed by atoms with van der Waals surface area (Å²) < 4.78 is 2.69. The standard InChI is InChI=1S/C22H27N3OS.C21H26N4S/c1-16-5-2-7-19-22(16)27-20(24-19)8-4-12-25-13-9-17(10-14-25)21-18(15-26)6-3-11-23-21;1-16-8-9-22-19(15-16)25-13-11-24(12-14-25)10-4-7-20-23-18-6-3-5-17(2)21(18)26-20/h2-3,5-7,11,17,26H,4,8-10,12-15H2,1H3;3,5-6,8-9,15H,4,7,10-14H2,1-2H3. The predicted octanol–water partition coefficient (Wildman–Crippen LogP) is 8.37. The van der Waals surface area contributed by atoms with Crippen LogP contribution in [0.4, 0.5) is 5.82 Å². The number of aliphatic hydroxyl groups is 1. The SMILES string of the molecule is Cc1cccc2nc(CCCN3CCC(c4ncccc4CO)CC3)sc12.Cc1ccnc(N2CCN(CCCc3nc4cccc(C)c4s3)CC2)c1. The van der Waals surface area contributed by atoms with Crippen LogP contribution in [0.25, 0.3) is 20.4 Å². The van der Waals surface area contributed by atoms with Crippen molar-refractivity contribution in [3.05, 3.63) is 111 Å². The molecular weight excluding hydrogens is 695 g/mol. The van der Waals surface area contributed by atoms with Gasteiger partial charge in [-0.1, -0.05) is 30.3 Å². The van der Waals surface area contributed by atoms with Crippen LogP contribution < -0.4 is 4.90 Å². The minimum Gasteiger partial charge on any atom is -0.392 e. The van der Waals surface area contributed by atoms with E-state index in [1.54, 1.807) is 0 Å². The molecule has 0 aliphatic carbocycles. The van der Waals surface area contributed by atoms with Gasteiger partial charge in [-0.25, -0.2) is 15.0 Å². The lowest BCUT2D eigenvalue weighted by molar-refractivity contribution is 0.206. The first kappa shape index (κ1) is 37.5. The Bertz CT molecular complexity index is 2080. The van der Waals surface area contributed by atoms with Crippen LogP contribution in [0.2, 0.25) is 0 Å². The Balaban J connectivity index is 0.000000164. The van der Waals surface area contributed by atoms with Crippen molar-refractivity contribution in [1.82, 2.24) is 29.7 Å². The molecule has 278 valence electrons. The highest BCUT2D eigenvalue weighted by molar-refractivity contribution is 7.19. The molecule has 6 heterocycles. The van der Waals surface area contributed by atoms with E-state index < -0.39 is 0 Å². The van der Waals surface area contributed by atoms with Gasteiger partial charge < -0.3 is 14.9 Å². The Morgan fingerprint density at radius 1 is 0.679 bits per heavy atom. The van der Waals surface area contributed by atoms with Crippen LogP contribution in [0.3, 0.4) is 0 Å². The number of aliphatic hydroxyl groups excluding tert-OH is 1. The van der Waals surface area contributed by atoms with Gasteiger partial charge in [0.1, 0.15) is 5.82 Å². The number of likely N-dealkylation sites (tertiary alicyclic amines) is 1. The number of aryl methyl sites for hydroxylation is 5. The Kier molecular flexibility index (Phi) is 12.8. The first-order chi connectivity index (χ1) is 25.9. The van der Waals surface area contributed by atoms with Crippen molar-refractivity contribution in [2.24, 2.45) is 0 Å². The minimum absolute atomic E-state index is 0.0883. The fraction of sp³-hybridized carbons (Fsp3) is 0.442. The van der Waals surface area contributed by atoms with E-state index in [1.165, 1.54) is 42.5 Å². The lowest BCUT2D eigenvalue weighted by atomic mass is 9.90. The summed E-state index contributed by atoms with van der Waals surface area (Å²) in [6.07, 6.45) is 10.5. The Morgan fingerprint density at radius 2 is 1.28 bits per heavy atom. The van der Waals surface area contributed by atoms with E-state index in [2.05, 4.69) is 94.0 Å². The number of fused-ring (bicyclic) bond motifs is 2. The van der Waals surface area contributed by atoms with E-state index >= 15 is 0 Å². The molecule has 8 nitrogen and oxygen atoms in total. The second-order valence-corrected chi connectivity index (χ2v) is 16.8. The number of hydrogen-bond donors (Lipinski definition) is 1. The van der Waals surface area contributed by atoms with Crippen molar-refractivity contribution in [3.63, 3.8) is 0 Å². The quantitative estimate of drug-likeness (QED) is 0.142. The van der Waals surface area contributed by atoms with Crippen molar-refractivity contribution in [2.75, 3.05) is 57.3 Å². The molecule has 2 fully saturated rings. The van der Waals surface area contributed by atoms with Crippen molar-refractivity contribution in [2.45, 2.75) is 71.8 Å². The molecule has 0 spiro atoms. The van der Waals surface area contributed by atoms with E-state index in [0.717, 1.165) is 113 Å². The van der Waals surface area contributed by atoms with Gasteiger partial charge in [-0.15, -0.1) is 22.7 Å². The number of piperidine rings is 1. The maximum atomic E-state index is 9.54. The molecule has 0 unspecified atom stereocenters. The van der Waals surface area contributed by atoms with Gasteiger partial charge in [0.25, 0.3) is 0 Å². The zero-order valence-electron chi connectivity index (χ0n) is 31.5. The van der Waals surface area contributed by atoms with Crippen LogP contribution in [0, 0.1) is 20.8 Å². The maximum Gasteiger partial charge on any atom is 0.128 e.